The number of nitrogens with zero attached hydrogens (tertiary/aromatic N) is 2. The van der Waals surface area contributed by atoms with Gasteiger partial charge < -0.3 is 14.3 Å². The minimum Gasteiger partial charge on any atom is -0.453 e. The van der Waals surface area contributed by atoms with Crippen molar-refractivity contribution in [2.45, 2.75) is 6.04 Å². The van der Waals surface area contributed by atoms with Crippen LogP contribution in [0.5, 0.6) is 0 Å². The number of hydrogen-bond acceptors (Lipinski definition) is 4. The fraction of sp³-hybridized carbons (Fsp3) is 0.0227. The largest absolute Gasteiger partial charge is 0.453 e. The lowest BCUT2D eigenvalue weighted by Gasteiger charge is -2.26. The molecular formula is C44H27N3OS. The van der Waals surface area contributed by atoms with Gasteiger partial charge in [0.15, 0.2) is 5.58 Å². The van der Waals surface area contributed by atoms with Gasteiger partial charge in [0.1, 0.15) is 11.4 Å². The second-order valence-corrected chi connectivity index (χ2v) is 13.8. The van der Waals surface area contributed by atoms with Crippen LogP contribution in [-0.2, 0) is 0 Å². The predicted octanol–water partition coefficient (Wildman–Crippen LogP) is 11.8. The molecule has 0 radical (unpaired) electrons. The SMILES string of the molecule is c1ccc(C2NC(c3ccc(-n4c5ccccc5c5ccccc54)c4oc5c6ccccc6ccc5c34)=Nc3c2sc2ccccc32)cc1. The molecule has 11 rings (SSSR count). The molecule has 230 valence electrons. The van der Waals surface area contributed by atoms with Crippen molar-refractivity contribution in [2.75, 3.05) is 0 Å². The van der Waals surface area contributed by atoms with Gasteiger partial charge in [-0.1, -0.05) is 115 Å². The molecule has 4 nitrogen and oxygen atoms in total. The zero-order valence-corrected chi connectivity index (χ0v) is 27.0. The van der Waals surface area contributed by atoms with Gasteiger partial charge in [-0.25, -0.2) is 4.99 Å². The number of nitrogens with one attached hydrogen (secondary N) is 1. The average molecular weight is 646 g/mol. The lowest BCUT2D eigenvalue weighted by molar-refractivity contribution is 0.670. The number of aliphatic imine (C=N–C) groups is 1. The monoisotopic (exact) mass is 645 g/mol. The summed E-state index contributed by atoms with van der Waals surface area (Å²) in [5, 5.41) is 11.9. The molecule has 5 heteroatoms. The summed E-state index contributed by atoms with van der Waals surface area (Å²) in [5.74, 6) is 0.847. The summed E-state index contributed by atoms with van der Waals surface area (Å²) in [6.07, 6.45) is 0. The van der Waals surface area contributed by atoms with Crippen molar-refractivity contribution in [3.8, 4) is 5.69 Å². The lowest BCUT2D eigenvalue weighted by atomic mass is 9.98. The van der Waals surface area contributed by atoms with Gasteiger partial charge in [0, 0.05) is 42.6 Å². The molecule has 0 saturated heterocycles. The van der Waals surface area contributed by atoms with Gasteiger partial charge in [-0.15, -0.1) is 11.3 Å². The zero-order chi connectivity index (χ0) is 32.1. The number of para-hydroxylation sites is 2. The third kappa shape index (κ3) is 3.82. The van der Waals surface area contributed by atoms with Gasteiger partial charge in [0.25, 0.3) is 0 Å². The van der Waals surface area contributed by atoms with E-state index in [0.717, 1.165) is 66.5 Å². The van der Waals surface area contributed by atoms with E-state index in [9.17, 15) is 0 Å². The van der Waals surface area contributed by atoms with Crippen molar-refractivity contribution in [3.05, 3.63) is 168 Å². The number of furan rings is 1. The van der Waals surface area contributed by atoms with Gasteiger partial charge in [-0.2, -0.15) is 0 Å². The molecule has 0 fully saturated rings. The van der Waals surface area contributed by atoms with Crippen molar-refractivity contribution < 1.29 is 4.42 Å². The summed E-state index contributed by atoms with van der Waals surface area (Å²) in [6.45, 7) is 0. The van der Waals surface area contributed by atoms with E-state index in [1.165, 1.54) is 31.3 Å². The highest BCUT2D eigenvalue weighted by atomic mass is 32.1. The van der Waals surface area contributed by atoms with E-state index in [2.05, 4.69) is 162 Å². The van der Waals surface area contributed by atoms with Crippen molar-refractivity contribution in [1.29, 1.82) is 0 Å². The summed E-state index contributed by atoms with van der Waals surface area (Å²) in [6, 6.07) is 53.9. The topological polar surface area (TPSA) is 42.5 Å². The van der Waals surface area contributed by atoms with Crippen molar-refractivity contribution in [2.24, 2.45) is 4.99 Å². The third-order valence-corrected chi connectivity index (χ3v) is 11.3. The molecule has 7 aromatic carbocycles. The molecule has 4 heterocycles. The number of benzene rings is 7. The third-order valence-electron chi connectivity index (χ3n) is 10.1. The molecule has 10 aromatic rings. The molecule has 0 amide bonds. The van der Waals surface area contributed by atoms with Crippen LogP contribution in [0, 0.1) is 0 Å². The van der Waals surface area contributed by atoms with Gasteiger partial charge in [0.2, 0.25) is 0 Å². The van der Waals surface area contributed by atoms with Gasteiger partial charge in [-0.05, 0) is 47.3 Å². The summed E-state index contributed by atoms with van der Waals surface area (Å²) in [4.78, 5) is 6.67. The Morgan fingerprint density at radius 2 is 1.24 bits per heavy atom. The molecule has 1 aliphatic rings. The minimum atomic E-state index is -0.0350. The van der Waals surface area contributed by atoms with E-state index in [1.54, 1.807) is 0 Å². The fourth-order valence-corrected chi connectivity index (χ4v) is 9.10. The molecule has 1 N–H and O–H groups in total. The second-order valence-electron chi connectivity index (χ2n) is 12.7. The van der Waals surface area contributed by atoms with Crippen LogP contribution in [0.15, 0.2) is 161 Å². The van der Waals surface area contributed by atoms with Crippen LogP contribution in [0.1, 0.15) is 22.0 Å². The fourth-order valence-electron chi connectivity index (χ4n) is 7.88. The normalized spacial score (nSPS) is 14.6. The second kappa shape index (κ2) is 10.2. The van der Waals surface area contributed by atoms with E-state index < -0.39 is 0 Å². The number of amidine groups is 1. The first-order chi connectivity index (χ1) is 24.3. The average Bonchev–Trinajstić information content (AvgIpc) is 3.85. The summed E-state index contributed by atoms with van der Waals surface area (Å²) >= 11 is 1.82. The zero-order valence-electron chi connectivity index (χ0n) is 26.2. The van der Waals surface area contributed by atoms with Crippen molar-refractivity contribution >= 4 is 87.5 Å². The molecule has 0 bridgehead atoms. The number of hydrogen-bond donors (Lipinski definition) is 1. The Kier molecular flexibility index (Phi) is 5.57. The summed E-state index contributed by atoms with van der Waals surface area (Å²) in [5.41, 5.74) is 8.32. The number of rotatable bonds is 3. The summed E-state index contributed by atoms with van der Waals surface area (Å²) in [7, 11) is 0. The van der Waals surface area contributed by atoms with Crippen LogP contribution in [0.25, 0.3) is 70.3 Å². The Hall–Kier alpha value is -6.17. The Labute approximate surface area is 285 Å². The van der Waals surface area contributed by atoms with Crippen molar-refractivity contribution in [3.63, 3.8) is 0 Å². The Bertz CT molecular complexity index is 2930. The highest BCUT2D eigenvalue weighted by Crippen LogP contribution is 2.47. The molecule has 1 atom stereocenters. The Morgan fingerprint density at radius 1 is 0.571 bits per heavy atom. The van der Waals surface area contributed by atoms with Crippen LogP contribution in [0.2, 0.25) is 0 Å². The maximum Gasteiger partial charge on any atom is 0.160 e. The lowest BCUT2D eigenvalue weighted by Crippen LogP contribution is -2.32. The molecule has 0 spiro atoms. The molecule has 1 aliphatic heterocycles. The highest BCUT2D eigenvalue weighted by molar-refractivity contribution is 7.19. The standard InChI is InChI=1S/C44H27N3OS/c1-2-13-27(14-3-1)39-43-40(31-18-8-11-21-37(31)49-43)46-44(45-39)33-24-25-36(47-34-19-9-6-16-29(34)30-17-7-10-20-35(30)47)42-38(33)32-23-22-26-12-4-5-15-28(26)41(32)48-42/h1-25,39H,(H,45,46). The molecule has 0 aliphatic carbocycles. The summed E-state index contributed by atoms with van der Waals surface area (Å²) < 4.78 is 10.7. The molecule has 1 unspecified atom stereocenters. The number of fused-ring (bicyclic) bond motifs is 11. The van der Waals surface area contributed by atoms with Gasteiger partial charge >= 0.3 is 0 Å². The van der Waals surface area contributed by atoms with Gasteiger partial charge in [-0.3, -0.25) is 0 Å². The van der Waals surface area contributed by atoms with Crippen LogP contribution < -0.4 is 5.32 Å². The number of thiophene rings is 1. The molecule has 0 saturated carbocycles. The maximum absolute atomic E-state index is 7.08. The van der Waals surface area contributed by atoms with E-state index >= 15 is 0 Å². The smallest absolute Gasteiger partial charge is 0.160 e. The van der Waals surface area contributed by atoms with E-state index in [-0.39, 0.29) is 6.04 Å². The van der Waals surface area contributed by atoms with E-state index in [1.807, 2.05) is 11.3 Å². The van der Waals surface area contributed by atoms with Crippen LogP contribution in [0.4, 0.5) is 5.69 Å². The highest BCUT2D eigenvalue weighted by Gasteiger charge is 2.30. The number of aromatic nitrogens is 1. The Morgan fingerprint density at radius 3 is 2.04 bits per heavy atom. The quantitative estimate of drug-likeness (QED) is 0.208. The molecule has 49 heavy (non-hydrogen) atoms. The maximum atomic E-state index is 7.08. The van der Waals surface area contributed by atoms with Crippen LogP contribution >= 0.6 is 11.3 Å². The first kappa shape index (κ1) is 26.9. The van der Waals surface area contributed by atoms with Crippen LogP contribution in [-0.4, -0.2) is 10.4 Å². The van der Waals surface area contributed by atoms with Crippen LogP contribution in [0.3, 0.4) is 0 Å². The van der Waals surface area contributed by atoms with Gasteiger partial charge in [0.05, 0.1) is 33.3 Å². The molecular weight excluding hydrogens is 619 g/mol. The Balaban J connectivity index is 1.25. The first-order valence-electron chi connectivity index (χ1n) is 16.6. The van der Waals surface area contributed by atoms with Crippen molar-refractivity contribution in [1.82, 2.24) is 9.88 Å². The van der Waals surface area contributed by atoms with E-state index in [4.69, 9.17) is 9.41 Å². The predicted molar refractivity (Wildman–Crippen MR) is 205 cm³/mol. The first-order valence-corrected chi connectivity index (χ1v) is 17.4. The molecule has 3 aromatic heterocycles. The van der Waals surface area contributed by atoms with E-state index in [0.29, 0.717) is 0 Å². The minimum absolute atomic E-state index is 0.0350.